The van der Waals surface area contributed by atoms with Crippen LogP contribution < -0.4 is 10.1 Å². The number of nitrogens with one attached hydrogen (secondary N) is 1. The topological polar surface area (TPSA) is 92.8 Å². The maximum Gasteiger partial charge on any atom is 0.267 e. The predicted molar refractivity (Wildman–Crippen MR) is 108 cm³/mol. The number of methoxy groups -OCH3 is 1. The molecule has 0 spiro atoms. The lowest BCUT2D eigenvalue weighted by atomic mass is 10.1. The molecular formula is C21H24N2O5S. The minimum Gasteiger partial charge on any atom is -0.497 e. The molecule has 1 fully saturated rings. The summed E-state index contributed by atoms with van der Waals surface area (Å²) in [6.07, 6.45) is 0.183. The zero-order chi connectivity index (χ0) is 21.2. The summed E-state index contributed by atoms with van der Waals surface area (Å²) in [5.41, 5.74) is 2.59. The molecule has 3 rings (SSSR count). The lowest BCUT2D eigenvalue weighted by Gasteiger charge is -2.24. The van der Waals surface area contributed by atoms with Crippen LogP contribution in [-0.2, 0) is 26.2 Å². The first-order valence-electron chi connectivity index (χ1n) is 9.29. The molecule has 0 bridgehead atoms. The highest BCUT2D eigenvalue weighted by Crippen LogP contribution is 2.28. The Morgan fingerprint density at radius 2 is 1.83 bits per heavy atom. The predicted octanol–water partition coefficient (Wildman–Crippen LogP) is 2.31. The molecule has 29 heavy (non-hydrogen) atoms. The summed E-state index contributed by atoms with van der Waals surface area (Å²) in [6.45, 7) is 3.91. The second-order valence-corrected chi connectivity index (χ2v) is 8.88. The largest absolute Gasteiger partial charge is 0.497 e. The van der Waals surface area contributed by atoms with Gasteiger partial charge in [0.15, 0.2) is 0 Å². The number of rotatable bonds is 6. The first kappa shape index (κ1) is 20.9. The number of hydrogen-bond acceptors (Lipinski definition) is 5. The quantitative estimate of drug-likeness (QED) is 0.780. The Balaban J connectivity index is 1.78. The van der Waals surface area contributed by atoms with Gasteiger partial charge in [-0.2, -0.15) is 0 Å². The molecule has 1 saturated heterocycles. The Bertz CT molecular complexity index is 1030. The summed E-state index contributed by atoms with van der Waals surface area (Å²) >= 11 is 0. The molecule has 1 atom stereocenters. The molecule has 0 unspecified atom stereocenters. The lowest BCUT2D eigenvalue weighted by Crippen LogP contribution is -2.47. The highest BCUT2D eigenvalue weighted by atomic mass is 32.2. The first-order chi connectivity index (χ1) is 13.7. The van der Waals surface area contributed by atoms with Gasteiger partial charge < -0.3 is 10.1 Å². The highest BCUT2D eigenvalue weighted by molar-refractivity contribution is 7.89. The van der Waals surface area contributed by atoms with Crippen LogP contribution in [0.25, 0.3) is 0 Å². The van der Waals surface area contributed by atoms with E-state index >= 15 is 0 Å². The van der Waals surface area contributed by atoms with Crippen LogP contribution in [0.15, 0.2) is 47.4 Å². The molecule has 0 radical (unpaired) electrons. The van der Waals surface area contributed by atoms with Crippen molar-refractivity contribution in [1.82, 2.24) is 9.62 Å². The van der Waals surface area contributed by atoms with E-state index in [4.69, 9.17) is 4.74 Å². The Hall–Kier alpha value is -2.87. The number of amides is 2. The second-order valence-electron chi connectivity index (χ2n) is 7.06. The molecular weight excluding hydrogens is 392 g/mol. The van der Waals surface area contributed by atoms with Crippen molar-refractivity contribution in [2.24, 2.45) is 0 Å². The van der Waals surface area contributed by atoms with E-state index in [2.05, 4.69) is 5.32 Å². The van der Waals surface area contributed by atoms with E-state index in [1.807, 2.05) is 19.1 Å². The SMILES string of the molecule is COc1ccc(CNC(=O)[C@@H]2CCC(=O)N2S(=O)(=O)c2ccc(C)c(C)c2)cc1. The summed E-state index contributed by atoms with van der Waals surface area (Å²) in [7, 11) is -2.54. The van der Waals surface area contributed by atoms with Gasteiger partial charge in [-0.15, -0.1) is 0 Å². The lowest BCUT2D eigenvalue weighted by molar-refractivity contribution is -0.130. The van der Waals surface area contributed by atoms with Crippen LogP contribution in [0.1, 0.15) is 29.5 Å². The summed E-state index contributed by atoms with van der Waals surface area (Å²) in [4.78, 5) is 25.1. The average Bonchev–Trinajstić information content (AvgIpc) is 3.11. The monoisotopic (exact) mass is 416 g/mol. The van der Waals surface area contributed by atoms with E-state index < -0.39 is 27.9 Å². The fraction of sp³-hybridized carbons (Fsp3) is 0.333. The van der Waals surface area contributed by atoms with Crippen LogP contribution in [0.5, 0.6) is 5.75 Å². The summed E-state index contributed by atoms with van der Waals surface area (Å²) < 4.78 is 32.0. The Morgan fingerprint density at radius 3 is 2.45 bits per heavy atom. The Labute approximate surface area is 170 Å². The van der Waals surface area contributed by atoms with Gasteiger partial charge in [0.1, 0.15) is 11.8 Å². The maximum absolute atomic E-state index is 13.1. The molecule has 2 amide bonds. The zero-order valence-electron chi connectivity index (χ0n) is 16.6. The number of ether oxygens (including phenoxy) is 1. The van der Waals surface area contributed by atoms with Crippen LogP contribution >= 0.6 is 0 Å². The van der Waals surface area contributed by atoms with Crippen molar-refractivity contribution in [2.45, 2.75) is 44.2 Å². The molecule has 2 aromatic rings. The Kier molecular flexibility index (Phi) is 5.93. The third-order valence-electron chi connectivity index (χ3n) is 5.12. The number of carbonyl (C=O) groups is 2. The number of sulfonamides is 1. The number of hydrogen-bond donors (Lipinski definition) is 1. The normalized spacial score (nSPS) is 16.7. The third kappa shape index (κ3) is 4.27. The summed E-state index contributed by atoms with van der Waals surface area (Å²) in [6, 6.07) is 10.8. The zero-order valence-corrected chi connectivity index (χ0v) is 17.5. The van der Waals surface area contributed by atoms with E-state index in [1.165, 1.54) is 12.1 Å². The fourth-order valence-electron chi connectivity index (χ4n) is 3.24. The fourth-order valence-corrected chi connectivity index (χ4v) is 4.93. The van der Waals surface area contributed by atoms with Crippen LogP contribution in [0.4, 0.5) is 0 Å². The van der Waals surface area contributed by atoms with Gasteiger partial charge in [0.25, 0.3) is 10.0 Å². The van der Waals surface area contributed by atoms with Gasteiger partial charge in [-0.25, -0.2) is 12.7 Å². The van der Waals surface area contributed by atoms with Gasteiger partial charge >= 0.3 is 0 Å². The minimum absolute atomic E-state index is 0.0174. The van der Waals surface area contributed by atoms with Gasteiger partial charge in [-0.05, 0) is 61.2 Å². The van der Waals surface area contributed by atoms with Crippen molar-refractivity contribution in [3.8, 4) is 5.75 Å². The van der Waals surface area contributed by atoms with Crippen LogP contribution in [0.2, 0.25) is 0 Å². The van der Waals surface area contributed by atoms with Crippen LogP contribution in [-0.4, -0.2) is 37.7 Å². The van der Waals surface area contributed by atoms with Gasteiger partial charge in [-0.3, -0.25) is 9.59 Å². The molecule has 154 valence electrons. The number of benzene rings is 2. The van der Waals surface area contributed by atoms with Gasteiger partial charge in [0.05, 0.1) is 12.0 Å². The average molecular weight is 416 g/mol. The second kappa shape index (κ2) is 8.24. The molecule has 1 N–H and O–H groups in total. The summed E-state index contributed by atoms with van der Waals surface area (Å²) in [5.74, 6) is -0.348. The minimum atomic E-state index is -4.11. The first-order valence-corrected chi connectivity index (χ1v) is 10.7. The van der Waals surface area contributed by atoms with E-state index in [9.17, 15) is 18.0 Å². The van der Waals surface area contributed by atoms with Crippen molar-refractivity contribution in [2.75, 3.05) is 7.11 Å². The Morgan fingerprint density at radius 1 is 1.14 bits per heavy atom. The van der Waals surface area contributed by atoms with Gasteiger partial charge in [-0.1, -0.05) is 18.2 Å². The van der Waals surface area contributed by atoms with Gasteiger partial charge in [0, 0.05) is 13.0 Å². The van der Waals surface area contributed by atoms with E-state index in [0.717, 1.165) is 21.0 Å². The molecule has 0 aromatic heterocycles. The summed E-state index contributed by atoms with van der Waals surface area (Å²) in [5, 5.41) is 2.73. The molecule has 2 aromatic carbocycles. The molecule has 8 heteroatoms. The van der Waals surface area contributed by atoms with Crippen LogP contribution in [0, 0.1) is 13.8 Å². The van der Waals surface area contributed by atoms with Gasteiger partial charge in [0.2, 0.25) is 11.8 Å². The standard InChI is InChI=1S/C21H24N2O5S/c1-14-4-9-18(12-15(14)2)29(26,27)23-19(10-11-20(23)24)21(25)22-13-16-5-7-17(28-3)8-6-16/h4-9,12,19H,10-11,13H2,1-3H3,(H,22,25)/t19-/m0/s1. The molecule has 0 aliphatic carbocycles. The third-order valence-corrected chi connectivity index (χ3v) is 6.95. The van der Waals surface area contributed by atoms with E-state index in [0.29, 0.717) is 5.75 Å². The maximum atomic E-state index is 13.1. The van der Waals surface area contributed by atoms with Crippen molar-refractivity contribution in [3.63, 3.8) is 0 Å². The van der Waals surface area contributed by atoms with Crippen LogP contribution in [0.3, 0.4) is 0 Å². The highest BCUT2D eigenvalue weighted by Gasteiger charge is 2.44. The van der Waals surface area contributed by atoms with E-state index in [1.54, 1.807) is 32.2 Å². The molecule has 0 saturated carbocycles. The smallest absolute Gasteiger partial charge is 0.267 e. The van der Waals surface area contributed by atoms with E-state index in [-0.39, 0.29) is 24.3 Å². The van der Waals surface area contributed by atoms with Crippen molar-refractivity contribution >= 4 is 21.8 Å². The molecule has 7 nitrogen and oxygen atoms in total. The van der Waals surface area contributed by atoms with Crippen molar-refractivity contribution in [3.05, 3.63) is 59.2 Å². The van der Waals surface area contributed by atoms with Crippen molar-refractivity contribution in [1.29, 1.82) is 0 Å². The molecule has 1 aliphatic rings. The molecule has 1 aliphatic heterocycles. The molecule has 1 heterocycles. The number of aryl methyl sites for hydroxylation is 2. The number of carbonyl (C=O) groups excluding carboxylic acids is 2. The van der Waals surface area contributed by atoms with Crippen molar-refractivity contribution < 1.29 is 22.7 Å². The number of nitrogens with zero attached hydrogens (tertiary/aromatic N) is 1.